The summed E-state index contributed by atoms with van der Waals surface area (Å²) in [6, 6.07) is 15.7. The van der Waals surface area contributed by atoms with Crippen LogP contribution in [0.15, 0.2) is 48.7 Å². The average molecular weight is 282 g/mol. The third kappa shape index (κ3) is 3.59. The molecular formula is C17H18N2O2. The Kier molecular flexibility index (Phi) is 5.30. The zero-order valence-electron chi connectivity index (χ0n) is 11.9. The SMILES string of the molecule is COc1ccc([C@H](CCO)[C@@H](C#N)c2ccccc2)cn1. The molecule has 0 spiro atoms. The van der Waals surface area contributed by atoms with E-state index in [0.29, 0.717) is 12.3 Å². The molecule has 0 unspecified atom stereocenters. The number of pyridine rings is 1. The molecule has 0 saturated heterocycles. The van der Waals surface area contributed by atoms with Gasteiger partial charge in [-0.1, -0.05) is 36.4 Å². The van der Waals surface area contributed by atoms with Crippen LogP contribution in [-0.4, -0.2) is 23.8 Å². The first-order valence-electron chi connectivity index (χ1n) is 6.85. The highest BCUT2D eigenvalue weighted by Gasteiger charge is 2.24. The van der Waals surface area contributed by atoms with E-state index in [1.807, 2.05) is 36.4 Å². The fourth-order valence-electron chi connectivity index (χ4n) is 2.45. The van der Waals surface area contributed by atoms with E-state index >= 15 is 0 Å². The van der Waals surface area contributed by atoms with Crippen molar-refractivity contribution >= 4 is 0 Å². The van der Waals surface area contributed by atoms with Crippen LogP contribution in [0.4, 0.5) is 0 Å². The van der Waals surface area contributed by atoms with Crippen LogP contribution in [0.2, 0.25) is 0 Å². The van der Waals surface area contributed by atoms with Crippen LogP contribution in [0.1, 0.15) is 29.4 Å². The minimum Gasteiger partial charge on any atom is -0.481 e. The highest BCUT2D eigenvalue weighted by Crippen LogP contribution is 2.35. The van der Waals surface area contributed by atoms with Crippen molar-refractivity contribution in [2.24, 2.45) is 0 Å². The fraction of sp³-hybridized carbons (Fsp3) is 0.294. The molecule has 0 saturated carbocycles. The Hall–Kier alpha value is -2.38. The first kappa shape index (κ1) is 15.0. The van der Waals surface area contributed by atoms with Gasteiger partial charge in [-0.25, -0.2) is 4.98 Å². The second-order valence-corrected chi connectivity index (χ2v) is 4.77. The Bertz CT molecular complexity index is 590. The predicted octanol–water partition coefficient (Wildman–Crippen LogP) is 2.86. The third-order valence-corrected chi connectivity index (χ3v) is 3.54. The maximum atomic E-state index is 9.56. The molecule has 2 aromatic rings. The van der Waals surface area contributed by atoms with Crippen molar-refractivity contribution in [1.82, 2.24) is 4.98 Å². The number of aromatic nitrogens is 1. The number of benzene rings is 1. The first-order chi connectivity index (χ1) is 10.3. The predicted molar refractivity (Wildman–Crippen MR) is 80.0 cm³/mol. The van der Waals surface area contributed by atoms with Gasteiger partial charge >= 0.3 is 0 Å². The molecule has 0 fully saturated rings. The molecule has 4 heteroatoms. The van der Waals surface area contributed by atoms with E-state index in [1.165, 1.54) is 0 Å². The molecule has 0 aliphatic carbocycles. The Labute approximate surface area is 124 Å². The van der Waals surface area contributed by atoms with Gasteiger partial charge in [-0.2, -0.15) is 5.26 Å². The maximum Gasteiger partial charge on any atom is 0.212 e. The molecule has 0 aliphatic rings. The molecular weight excluding hydrogens is 264 g/mol. The lowest BCUT2D eigenvalue weighted by Gasteiger charge is -2.22. The van der Waals surface area contributed by atoms with Crippen molar-refractivity contribution in [3.63, 3.8) is 0 Å². The zero-order valence-corrected chi connectivity index (χ0v) is 11.9. The summed E-state index contributed by atoms with van der Waals surface area (Å²) in [5.74, 6) is 0.129. The second-order valence-electron chi connectivity index (χ2n) is 4.77. The molecule has 0 bridgehead atoms. The summed E-state index contributed by atoms with van der Waals surface area (Å²) >= 11 is 0. The van der Waals surface area contributed by atoms with E-state index < -0.39 is 0 Å². The van der Waals surface area contributed by atoms with E-state index in [1.54, 1.807) is 19.4 Å². The highest BCUT2D eigenvalue weighted by atomic mass is 16.5. The van der Waals surface area contributed by atoms with Crippen LogP contribution in [0.5, 0.6) is 5.88 Å². The standard InChI is InChI=1S/C17H18N2O2/c1-21-17-8-7-14(12-19-17)15(9-10-20)16(11-18)13-5-3-2-4-6-13/h2-8,12,15-16,20H,9-10H2,1H3/t15-,16-/m0/s1. The minimum atomic E-state index is -0.312. The smallest absolute Gasteiger partial charge is 0.212 e. The molecule has 21 heavy (non-hydrogen) atoms. The number of aliphatic hydroxyl groups is 1. The Morgan fingerprint density at radius 1 is 1.19 bits per heavy atom. The van der Waals surface area contributed by atoms with Gasteiger partial charge in [0.15, 0.2) is 0 Å². The monoisotopic (exact) mass is 282 g/mol. The lowest BCUT2D eigenvalue weighted by atomic mass is 9.81. The summed E-state index contributed by atoms with van der Waals surface area (Å²) in [4.78, 5) is 4.20. The topological polar surface area (TPSA) is 66.1 Å². The molecule has 0 amide bonds. The number of aliphatic hydroxyl groups excluding tert-OH is 1. The molecule has 1 heterocycles. The molecule has 0 radical (unpaired) electrons. The highest BCUT2D eigenvalue weighted by molar-refractivity contribution is 5.33. The lowest BCUT2D eigenvalue weighted by molar-refractivity contribution is 0.272. The van der Waals surface area contributed by atoms with Crippen molar-refractivity contribution in [3.05, 3.63) is 59.8 Å². The van der Waals surface area contributed by atoms with Crippen molar-refractivity contribution in [3.8, 4) is 11.9 Å². The normalized spacial score (nSPS) is 13.2. The van der Waals surface area contributed by atoms with E-state index in [2.05, 4.69) is 11.1 Å². The van der Waals surface area contributed by atoms with Crippen molar-refractivity contribution in [2.45, 2.75) is 18.3 Å². The van der Waals surface area contributed by atoms with Gasteiger partial charge in [0.2, 0.25) is 5.88 Å². The van der Waals surface area contributed by atoms with Crippen LogP contribution in [-0.2, 0) is 0 Å². The van der Waals surface area contributed by atoms with E-state index in [-0.39, 0.29) is 18.4 Å². The molecule has 1 aromatic heterocycles. The number of hydrogen-bond acceptors (Lipinski definition) is 4. The number of rotatable bonds is 6. The Morgan fingerprint density at radius 3 is 2.48 bits per heavy atom. The summed E-state index contributed by atoms with van der Waals surface area (Å²) in [6.07, 6.45) is 2.23. The maximum absolute atomic E-state index is 9.56. The zero-order chi connectivity index (χ0) is 15.1. The third-order valence-electron chi connectivity index (χ3n) is 3.54. The number of nitrogens with zero attached hydrogens (tertiary/aromatic N) is 2. The van der Waals surface area contributed by atoms with Crippen molar-refractivity contribution in [1.29, 1.82) is 5.26 Å². The fourth-order valence-corrected chi connectivity index (χ4v) is 2.45. The van der Waals surface area contributed by atoms with Crippen LogP contribution in [0.25, 0.3) is 0 Å². The molecule has 4 nitrogen and oxygen atoms in total. The van der Waals surface area contributed by atoms with Crippen LogP contribution >= 0.6 is 0 Å². The molecule has 2 rings (SSSR count). The van der Waals surface area contributed by atoms with Gasteiger partial charge in [0.1, 0.15) is 0 Å². The van der Waals surface area contributed by atoms with E-state index in [0.717, 1.165) is 11.1 Å². The molecule has 2 atom stereocenters. The van der Waals surface area contributed by atoms with Gasteiger partial charge in [0, 0.05) is 24.8 Å². The number of nitriles is 1. The summed E-state index contributed by atoms with van der Waals surface area (Å²) < 4.78 is 5.05. The Morgan fingerprint density at radius 2 is 1.95 bits per heavy atom. The molecule has 1 N–H and O–H groups in total. The number of hydrogen-bond donors (Lipinski definition) is 1. The second kappa shape index (κ2) is 7.41. The van der Waals surface area contributed by atoms with Crippen molar-refractivity contribution in [2.75, 3.05) is 13.7 Å². The van der Waals surface area contributed by atoms with Gasteiger partial charge < -0.3 is 9.84 Å². The summed E-state index contributed by atoms with van der Waals surface area (Å²) in [5, 5.41) is 18.9. The number of methoxy groups -OCH3 is 1. The van der Waals surface area contributed by atoms with Gasteiger partial charge in [0.05, 0.1) is 19.1 Å². The molecule has 1 aromatic carbocycles. The van der Waals surface area contributed by atoms with Crippen LogP contribution < -0.4 is 4.74 Å². The van der Waals surface area contributed by atoms with Crippen molar-refractivity contribution < 1.29 is 9.84 Å². The van der Waals surface area contributed by atoms with E-state index in [9.17, 15) is 10.4 Å². The van der Waals surface area contributed by atoms with Gasteiger partial charge in [-0.15, -0.1) is 0 Å². The average Bonchev–Trinajstić information content (AvgIpc) is 2.56. The minimum absolute atomic E-state index is 0.0295. The summed E-state index contributed by atoms with van der Waals surface area (Å²) in [7, 11) is 1.56. The largest absolute Gasteiger partial charge is 0.481 e. The number of ether oxygens (including phenoxy) is 1. The summed E-state index contributed by atoms with van der Waals surface area (Å²) in [6.45, 7) is 0.0295. The van der Waals surface area contributed by atoms with E-state index in [4.69, 9.17) is 4.74 Å². The van der Waals surface area contributed by atoms with Crippen LogP contribution in [0.3, 0.4) is 0 Å². The summed E-state index contributed by atoms with van der Waals surface area (Å²) in [5.41, 5.74) is 1.88. The molecule has 108 valence electrons. The quantitative estimate of drug-likeness (QED) is 0.884. The Balaban J connectivity index is 2.34. The lowest BCUT2D eigenvalue weighted by Crippen LogP contribution is -2.12. The van der Waals surface area contributed by atoms with Gasteiger partial charge in [-0.05, 0) is 17.5 Å². The van der Waals surface area contributed by atoms with Crippen LogP contribution in [0, 0.1) is 11.3 Å². The van der Waals surface area contributed by atoms with Gasteiger partial charge in [-0.3, -0.25) is 0 Å². The van der Waals surface area contributed by atoms with Gasteiger partial charge in [0.25, 0.3) is 0 Å². The molecule has 0 aliphatic heterocycles. The first-order valence-corrected chi connectivity index (χ1v) is 6.85.